The van der Waals surface area contributed by atoms with Gasteiger partial charge in [0.15, 0.2) is 0 Å². The van der Waals surface area contributed by atoms with Crippen LogP contribution >= 0.6 is 0 Å². The van der Waals surface area contributed by atoms with E-state index in [4.69, 9.17) is 0 Å². The Morgan fingerprint density at radius 1 is 1.35 bits per heavy atom. The van der Waals surface area contributed by atoms with E-state index in [1.165, 1.54) is 0 Å². The number of likely N-dealkylation sites (N-methyl/N-ethyl adjacent to an activating group) is 1. The van der Waals surface area contributed by atoms with Crippen LogP contribution in [0.3, 0.4) is 0 Å². The molecule has 1 atom stereocenters. The predicted octanol–water partition coefficient (Wildman–Crippen LogP) is 2.52. The molecule has 23 heavy (non-hydrogen) atoms. The second kappa shape index (κ2) is 7.92. The minimum Gasteiger partial charge on any atom is -0.350 e. The normalized spacial score (nSPS) is 12.4. The van der Waals surface area contributed by atoms with Crippen molar-refractivity contribution >= 4 is 5.91 Å². The smallest absolute Gasteiger partial charge is 0.242 e. The number of aryl methyl sites for hydroxylation is 2. The zero-order valence-electron chi connectivity index (χ0n) is 14.4. The minimum absolute atomic E-state index is 0.00698. The van der Waals surface area contributed by atoms with Crippen molar-refractivity contribution in [2.45, 2.75) is 39.4 Å². The van der Waals surface area contributed by atoms with Crippen LogP contribution < -0.4 is 5.32 Å². The number of rotatable bonds is 7. The topological polar surface area (TPSA) is 50.2 Å². The number of amides is 1. The lowest BCUT2D eigenvalue weighted by atomic mass is 10.00. The summed E-state index contributed by atoms with van der Waals surface area (Å²) in [6.45, 7) is 5.55. The molecule has 0 spiro atoms. The van der Waals surface area contributed by atoms with Gasteiger partial charge in [-0.2, -0.15) is 5.10 Å². The number of hydrogen-bond acceptors (Lipinski definition) is 3. The lowest BCUT2D eigenvalue weighted by Gasteiger charge is -2.25. The first-order chi connectivity index (χ1) is 11.0. The monoisotopic (exact) mass is 314 g/mol. The highest BCUT2D eigenvalue weighted by atomic mass is 16.2. The highest BCUT2D eigenvalue weighted by Gasteiger charge is 2.23. The van der Waals surface area contributed by atoms with E-state index in [0.717, 1.165) is 29.7 Å². The molecule has 0 aliphatic carbocycles. The molecule has 2 rings (SSSR count). The maximum atomic E-state index is 12.7. The number of carbonyl (C=O) groups excluding carboxylic acids is 1. The van der Waals surface area contributed by atoms with Crippen molar-refractivity contribution in [1.29, 1.82) is 0 Å². The second-order valence-corrected chi connectivity index (χ2v) is 6.05. The van der Waals surface area contributed by atoms with Crippen molar-refractivity contribution in [1.82, 2.24) is 20.0 Å². The number of carbonyl (C=O) groups is 1. The Bertz CT molecular complexity index is 648. The maximum Gasteiger partial charge on any atom is 0.242 e. The standard InChI is InChI=1S/C18H26N4O/c1-5-10-22-13-15(12-20-22)11-19-18(23)17(21(3)4)16-9-7-6-8-14(16)2/h6-9,12-13,17H,5,10-11H2,1-4H3,(H,19,23)/t17-/m1/s1. The van der Waals surface area contributed by atoms with Crippen molar-refractivity contribution in [3.63, 3.8) is 0 Å². The van der Waals surface area contributed by atoms with Crippen molar-refractivity contribution < 1.29 is 4.79 Å². The SMILES string of the molecule is CCCn1cc(CNC(=O)[C@@H](c2ccccc2C)N(C)C)cn1. The molecule has 124 valence electrons. The van der Waals surface area contributed by atoms with Gasteiger partial charge in [0, 0.05) is 24.8 Å². The van der Waals surface area contributed by atoms with Crippen LogP contribution in [0.2, 0.25) is 0 Å². The largest absolute Gasteiger partial charge is 0.350 e. The van der Waals surface area contributed by atoms with Gasteiger partial charge in [-0.05, 0) is 38.6 Å². The number of benzene rings is 1. The Morgan fingerprint density at radius 3 is 2.74 bits per heavy atom. The summed E-state index contributed by atoms with van der Waals surface area (Å²) in [5.74, 6) is 0.00698. The Balaban J connectivity index is 2.05. The Labute approximate surface area is 138 Å². The molecule has 0 saturated carbocycles. The fourth-order valence-electron chi connectivity index (χ4n) is 2.68. The van der Waals surface area contributed by atoms with Crippen molar-refractivity contribution in [3.8, 4) is 0 Å². The van der Waals surface area contributed by atoms with Gasteiger partial charge in [0.25, 0.3) is 0 Å². The quantitative estimate of drug-likeness (QED) is 0.854. The van der Waals surface area contributed by atoms with Crippen LogP contribution in [0.25, 0.3) is 0 Å². The Kier molecular flexibility index (Phi) is 5.93. The highest BCUT2D eigenvalue weighted by Crippen LogP contribution is 2.22. The van der Waals surface area contributed by atoms with E-state index < -0.39 is 0 Å². The summed E-state index contributed by atoms with van der Waals surface area (Å²) in [5, 5.41) is 7.32. The van der Waals surface area contributed by atoms with Gasteiger partial charge >= 0.3 is 0 Å². The number of hydrogen-bond donors (Lipinski definition) is 1. The van der Waals surface area contributed by atoms with E-state index >= 15 is 0 Å². The third-order valence-electron chi connectivity index (χ3n) is 3.85. The van der Waals surface area contributed by atoms with E-state index in [-0.39, 0.29) is 11.9 Å². The van der Waals surface area contributed by atoms with E-state index in [9.17, 15) is 4.79 Å². The van der Waals surface area contributed by atoms with Gasteiger partial charge in [-0.25, -0.2) is 0 Å². The molecule has 5 heteroatoms. The molecule has 0 radical (unpaired) electrons. The zero-order valence-corrected chi connectivity index (χ0v) is 14.4. The van der Waals surface area contributed by atoms with Crippen LogP contribution in [0.4, 0.5) is 0 Å². The lowest BCUT2D eigenvalue weighted by molar-refractivity contribution is -0.126. The lowest BCUT2D eigenvalue weighted by Crippen LogP contribution is -2.37. The maximum absolute atomic E-state index is 12.7. The molecular weight excluding hydrogens is 288 g/mol. The van der Waals surface area contributed by atoms with Crippen LogP contribution in [0.15, 0.2) is 36.7 Å². The van der Waals surface area contributed by atoms with Gasteiger partial charge in [-0.1, -0.05) is 31.2 Å². The zero-order chi connectivity index (χ0) is 16.8. The van der Waals surface area contributed by atoms with Gasteiger partial charge < -0.3 is 5.32 Å². The minimum atomic E-state index is -0.290. The highest BCUT2D eigenvalue weighted by molar-refractivity contribution is 5.83. The summed E-state index contributed by atoms with van der Waals surface area (Å²) in [6, 6.07) is 7.72. The average molecular weight is 314 g/mol. The van der Waals surface area contributed by atoms with E-state index in [1.54, 1.807) is 0 Å². The van der Waals surface area contributed by atoms with Crippen LogP contribution in [0, 0.1) is 6.92 Å². The van der Waals surface area contributed by atoms with Gasteiger partial charge in [-0.15, -0.1) is 0 Å². The summed E-state index contributed by atoms with van der Waals surface area (Å²) in [4.78, 5) is 14.6. The van der Waals surface area contributed by atoms with Crippen LogP contribution in [0.1, 0.15) is 36.1 Å². The molecule has 0 bridgehead atoms. The summed E-state index contributed by atoms with van der Waals surface area (Å²) >= 11 is 0. The average Bonchev–Trinajstić information content (AvgIpc) is 2.95. The molecule has 2 aromatic rings. The van der Waals surface area contributed by atoms with Gasteiger partial charge in [-0.3, -0.25) is 14.4 Å². The molecule has 1 amide bonds. The number of nitrogens with one attached hydrogen (secondary N) is 1. The Hall–Kier alpha value is -2.14. The molecule has 1 N–H and O–H groups in total. The summed E-state index contributed by atoms with van der Waals surface area (Å²) in [7, 11) is 3.85. The molecule has 1 aromatic heterocycles. The first-order valence-corrected chi connectivity index (χ1v) is 8.04. The van der Waals surface area contributed by atoms with Crippen molar-refractivity contribution in [3.05, 3.63) is 53.3 Å². The van der Waals surface area contributed by atoms with E-state index in [1.807, 2.05) is 67.3 Å². The molecule has 0 saturated heterocycles. The fraction of sp³-hybridized carbons (Fsp3) is 0.444. The van der Waals surface area contributed by atoms with Crippen LogP contribution in [-0.4, -0.2) is 34.7 Å². The fourth-order valence-corrected chi connectivity index (χ4v) is 2.68. The van der Waals surface area contributed by atoms with Crippen molar-refractivity contribution in [2.75, 3.05) is 14.1 Å². The van der Waals surface area contributed by atoms with Crippen molar-refractivity contribution in [2.24, 2.45) is 0 Å². The third kappa shape index (κ3) is 4.42. The molecular formula is C18H26N4O. The summed E-state index contributed by atoms with van der Waals surface area (Å²) in [6.07, 6.45) is 4.85. The van der Waals surface area contributed by atoms with Crippen LogP contribution in [0.5, 0.6) is 0 Å². The van der Waals surface area contributed by atoms with Gasteiger partial charge in [0.05, 0.1) is 6.20 Å². The summed E-state index contributed by atoms with van der Waals surface area (Å²) in [5.41, 5.74) is 3.18. The Morgan fingerprint density at radius 2 is 2.09 bits per heavy atom. The second-order valence-electron chi connectivity index (χ2n) is 6.05. The molecule has 1 heterocycles. The molecule has 0 unspecified atom stereocenters. The number of aromatic nitrogens is 2. The van der Waals surface area contributed by atoms with Crippen LogP contribution in [-0.2, 0) is 17.9 Å². The molecule has 0 fully saturated rings. The molecule has 5 nitrogen and oxygen atoms in total. The predicted molar refractivity (Wildman–Crippen MR) is 92.0 cm³/mol. The van der Waals surface area contributed by atoms with E-state index in [2.05, 4.69) is 17.3 Å². The van der Waals surface area contributed by atoms with Gasteiger partial charge in [0.2, 0.25) is 5.91 Å². The molecule has 0 aliphatic rings. The first-order valence-electron chi connectivity index (χ1n) is 8.04. The summed E-state index contributed by atoms with van der Waals surface area (Å²) < 4.78 is 1.91. The van der Waals surface area contributed by atoms with E-state index in [0.29, 0.717) is 6.54 Å². The number of nitrogens with zero attached hydrogens (tertiary/aromatic N) is 3. The molecule has 0 aliphatic heterocycles. The third-order valence-corrected chi connectivity index (χ3v) is 3.85. The molecule has 1 aromatic carbocycles. The first kappa shape index (κ1) is 17.2. The van der Waals surface area contributed by atoms with Gasteiger partial charge in [0.1, 0.15) is 6.04 Å².